The van der Waals surface area contributed by atoms with Gasteiger partial charge in [-0.3, -0.25) is 14.7 Å². The summed E-state index contributed by atoms with van der Waals surface area (Å²) in [5.74, 6) is -0.223. The SMILES string of the molecule is CC(C)(Oc1cc(F)cc(N2CCC[C@H](C(=O)N(Cc3ccc(-c4cn[nH]c4)cc3)C3CC3)C2)c1)C(=O)N1CCNCC1.Cl. The first-order valence-corrected chi connectivity index (χ1v) is 15.4. The maximum absolute atomic E-state index is 14.9. The van der Waals surface area contributed by atoms with Gasteiger partial charge in [0, 0.05) is 81.4 Å². The third-order valence-electron chi connectivity index (χ3n) is 8.69. The van der Waals surface area contributed by atoms with Gasteiger partial charge in [-0.25, -0.2) is 4.39 Å². The van der Waals surface area contributed by atoms with Crippen LogP contribution in [0.2, 0.25) is 0 Å². The van der Waals surface area contributed by atoms with E-state index in [1.165, 1.54) is 12.1 Å². The normalized spacial score (nSPS) is 18.8. The van der Waals surface area contributed by atoms with Crippen molar-refractivity contribution in [1.29, 1.82) is 0 Å². The van der Waals surface area contributed by atoms with Crippen LogP contribution >= 0.6 is 12.4 Å². The fraction of sp³-hybridized carbons (Fsp3) is 0.485. The lowest BCUT2D eigenvalue weighted by Crippen LogP contribution is -2.54. The zero-order chi connectivity index (χ0) is 30.0. The minimum Gasteiger partial charge on any atom is -0.478 e. The number of piperidine rings is 1. The van der Waals surface area contributed by atoms with E-state index >= 15 is 0 Å². The van der Waals surface area contributed by atoms with Crippen molar-refractivity contribution in [3.63, 3.8) is 0 Å². The van der Waals surface area contributed by atoms with Crippen LogP contribution in [0.25, 0.3) is 11.1 Å². The second-order valence-corrected chi connectivity index (χ2v) is 12.5. The predicted octanol–water partition coefficient (Wildman–Crippen LogP) is 4.63. The van der Waals surface area contributed by atoms with Gasteiger partial charge in [-0.05, 0) is 56.7 Å². The predicted molar refractivity (Wildman–Crippen MR) is 170 cm³/mol. The minimum absolute atomic E-state index is 0. The molecular formula is C33H42ClFN6O3. The van der Waals surface area contributed by atoms with E-state index in [0.717, 1.165) is 62.0 Å². The zero-order valence-electron chi connectivity index (χ0n) is 25.4. The van der Waals surface area contributed by atoms with E-state index < -0.39 is 11.4 Å². The highest BCUT2D eigenvalue weighted by Crippen LogP contribution is 2.34. The number of nitrogens with one attached hydrogen (secondary N) is 2. The number of anilines is 1. The molecule has 3 aliphatic rings. The number of nitrogens with zero attached hydrogens (tertiary/aromatic N) is 4. The summed E-state index contributed by atoms with van der Waals surface area (Å²) in [4.78, 5) is 33.0. The Morgan fingerprint density at radius 3 is 2.48 bits per heavy atom. The third-order valence-corrected chi connectivity index (χ3v) is 8.69. The van der Waals surface area contributed by atoms with E-state index in [-0.39, 0.29) is 36.2 Å². The zero-order valence-corrected chi connectivity index (χ0v) is 26.2. The molecule has 11 heteroatoms. The lowest BCUT2D eigenvalue weighted by molar-refractivity contribution is -0.146. The number of rotatable bonds is 9. The molecule has 2 aliphatic heterocycles. The number of aromatic nitrogens is 2. The highest BCUT2D eigenvalue weighted by molar-refractivity contribution is 5.85. The number of hydrogen-bond acceptors (Lipinski definition) is 6. The largest absolute Gasteiger partial charge is 0.478 e. The van der Waals surface area contributed by atoms with E-state index in [1.54, 1.807) is 31.0 Å². The molecule has 0 radical (unpaired) electrons. The maximum Gasteiger partial charge on any atom is 0.266 e. The number of aromatic amines is 1. The first-order chi connectivity index (χ1) is 20.8. The maximum atomic E-state index is 14.9. The number of hydrogen-bond donors (Lipinski definition) is 2. The molecule has 1 saturated carbocycles. The Labute approximate surface area is 264 Å². The van der Waals surface area contributed by atoms with Crippen molar-refractivity contribution in [3.05, 3.63) is 66.2 Å². The fourth-order valence-corrected chi connectivity index (χ4v) is 6.21. The Hall–Kier alpha value is -3.63. The molecule has 2 N–H and O–H groups in total. The van der Waals surface area contributed by atoms with Crippen molar-refractivity contribution in [2.45, 2.75) is 57.7 Å². The number of amides is 2. The molecule has 2 aromatic carbocycles. The van der Waals surface area contributed by atoms with Crippen molar-refractivity contribution in [2.75, 3.05) is 44.2 Å². The van der Waals surface area contributed by atoms with Crippen LogP contribution in [-0.2, 0) is 16.1 Å². The summed E-state index contributed by atoms with van der Waals surface area (Å²) in [6.07, 6.45) is 7.37. The van der Waals surface area contributed by atoms with Crippen LogP contribution in [0.5, 0.6) is 5.75 Å². The molecule has 3 fully saturated rings. The molecule has 0 unspecified atom stereocenters. The second-order valence-electron chi connectivity index (χ2n) is 12.5. The average molecular weight is 625 g/mol. The van der Waals surface area contributed by atoms with Gasteiger partial charge in [0.1, 0.15) is 11.6 Å². The molecular weight excluding hydrogens is 583 g/mol. The average Bonchev–Trinajstić information content (AvgIpc) is 3.71. The molecule has 6 rings (SSSR count). The summed E-state index contributed by atoms with van der Waals surface area (Å²) < 4.78 is 21.0. The first-order valence-electron chi connectivity index (χ1n) is 15.4. The first kappa shape index (κ1) is 31.8. The molecule has 236 valence electrons. The van der Waals surface area contributed by atoms with Gasteiger partial charge < -0.3 is 24.8 Å². The standard InChI is InChI=1S/C33H41FN6O3.ClH/c1-33(2,32(42)38-14-11-35-12-15-38)43-30-17-27(34)16-29(18-30)39-13-3-4-25(22-39)31(41)40(28-9-10-28)21-23-5-7-24(8-6-23)26-19-36-37-20-26;/h5-8,16-20,25,28,35H,3-4,9-15,21-22H2,1-2H3,(H,36,37);1H/t25-;/m0./s1. The van der Waals surface area contributed by atoms with Gasteiger partial charge in [-0.2, -0.15) is 5.10 Å². The van der Waals surface area contributed by atoms with E-state index in [2.05, 4.69) is 44.7 Å². The van der Waals surface area contributed by atoms with Crippen LogP contribution in [0.15, 0.2) is 54.9 Å². The highest BCUT2D eigenvalue weighted by Gasteiger charge is 2.38. The smallest absolute Gasteiger partial charge is 0.266 e. The molecule has 3 aromatic rings. The Kier molecular flexibility index (Phi) is 9.80. The van der Waals surface area contributed by atoms with Crippen molar-refractivity contribution >= 4 is 29.9 Å². The van der Waals surface area contributed by atoms with Crippen LogP contribution < -0.4 is 15.0 Å². The molecule has 0 bridgehead atoms. The van der Waals surface area contributed by atoms with E-state index in [4.69, 9.17) is 4.74 Å². The van der Waals surface area contributed by atoms with Crippen molar-refractivity contribution in [1.82, 2.24) is 25.3 Å². The number of benzene rings is 2. The van der Waals surface area contributed by atoms with Crippen molar-refractivity contribution < 1.29 is 18.7 Å². The molecule has 9 nitrogen and oxygen atoms in total. The Balaban J connectivity index is 0.00000384. The Bertz CT molecular complexity index is 1420. The van der Waals surface area contributed by atoms with E-state index in [1.807, 2.05) is 11.1 Å². The van der Waals surface area contributed by atoms with Crippen LogP contribution in [0, 0.1) is 11.7 Å². The van der Waals surface area contributed by atoms with E-state index in [0.29, 0.717) is 37.6 Å². The van der Waals surface area contributed by atoms with Gasteiger partial charge in [0.05, 0.1) is 12.1 Å². The molecule has 1 aromatic heterocycles. The van der Waals surface area contributed by atoms with Crippen LogP contribution in [0.1, 0.15) is 45.1 Å². The summed E-state index contributed by atoms with van der Waals surface area (Å²) in [6, 6.07) is 13.2. The lowest BCUT2D eigenvalue weighted by Gasteiger charge is -2.37. The van der Waals surface area contributed by atoms with Gasteiger partial charge in [-0.15, -0.1) is 12.4 Å². The van der Waals surface area contributed by atoms with Gasteiger partial charge in [-0.1, -0.05) is 24.3 Å². The van der Waals surface area contributed by atoms with Gasteiger partial charge in [0.2, 0.25) is 5.91 Å². The molecule has 44 heavy (non-hydrogen) atoms. The molecule has 2 amide bonds. The topological polar surface area (TPSA) is 93.8 Å². The van der Waals surface area contributed by atoms with Crippen LogP contribution in [-0.4, -0.2) is 82.7 Å². The van der Waals surface area contributed by atoms with Crippen LogP contribution in [0.4, 0.5) is 10.1 Å². The molecule has 1 atom stereocenters. The highest BCUT2D eigenvalue weighted by atomic mass is 35.5. The Morgan fingerprint density at radius 2 is 1.80 bits per heavy atom. The molecule has 0 spiro atoms. The minimum atomic E-state index is -1.13. The third kappa shape index (κ3) is 7.35. The summed E-state index contributed by atoms with van der Waals surface area (Å²) in [6.45, 7) is 8.04. The summed E-state index contributed by atoms with van der Waals surface area (Å²) in [5, 5.41) is 10.1. The van der Waals surface area contributed by atoms with Gasteiger partial charge in [0.25, 0.3) is 5.91 Å². The number of carbonyl (C=O) groups is 2. The van der Waals surface area contributed by atoms with Gasteiger partial charge >= 0.3 is 0 Å². The molecule has 1 aliphatic carbocycles. The van der Waals surface area contributed by atoms with Crippen molar-refractivity contribution in [3.8, 4) is 16.9 Å². The molecule has 2 saturated heterocycles. The van der Waals surface area contributed by atoms with Crippen molar-refractivity contribution in [2.24, 2.45) is 5.92 Å². The summed E-state index contributed by atoms with van der Waals surface area (Å²) >= 11 is 0. The Morgan fingerprint density at radius 1 is 1.05 bits per heavy atom. The summed E-state index contributed by atoms with van der Waals surface area (Å²) in [5.41, 5.74) is 2.75. The quantitative estimate of drug-likeness (QED) is 0.361. The van der Waals surface area contributed by atoms with Gasteiger partial charge in [0.15, 0.2) is 5.60 Å². The summed E-state index contributed by atoms with van der Waals surface area (Å²) in [7, 11) is 0. The number of H-pyrrole nitrogens is 1. The second kappa shape index (κ2) is 13.6. The van der Waals surface area contributed by atoms with Crippen LogP contribution in [0.3, 0.4) is 0 Å². The van der Waals surface area contributed by atoms with E-state index in [9.17, 15) is 14.0 Å². The molecule has 3 heterocycles. The lowest BCUT2D eigenvalue weighted by atomic mass is 9.95. The monoisotopic (exact) mass is 624 g/mol. The number of ether oxygens (including phenoxy) is 1. The number of carbonyl (C=O) groups excluding carboxylic acids is 2. The number of halogens is 2. The number of piperazine rings is 1. The fourth-order valence-electron chi connectivity index (χ4n) is 6.21.